The number of allylic oxidation sites excluding steroid dienone is 1. The molecule has 0 saturated carbocycles. The number of nitrogens with zero attached hydrogens (tertiary/aromatic N) is 1. The molecule has 3 rings (SSSR count). The molecule has 4 nitrogen and oxygen atoms in total. The fourth-order valence-corrected chi connectivity index (χ4v) is 2.62. The van der Waals surface area contributed by atoms with Gasteiger partial charge in [0.25, 0.3) is 0 Å². The molecular formula is C21H19NO3. The van der Waals surface area contributed by atoms with Crippen LogP contribution in [0.2, 0.25) is 0 Å². The van der Waals surface area contributed by atoms with Crippen molar-refractivity contribution in [2.75, 3.05) is 19.0 Å². The molecule has 0 aliphatic heterocycles. The number of hydrogen-bond donors (Lipinski definition) is 2. The van der Waals surface area contributed by atoms with Crippen LogP contribution in [0.3, 0.4) is 0 Å². The highest BCUT2D eigenvalue weighted by molar-refractivity contribution is 6.08. The van der Waals surface area contributed by atoms with E-state index in [0.717, 1.165) is 28.1 Å². The molecule has 0 amide bonds. The van der Waals surface area contributed by atoms with Gasteiger partial charge in [-0.3, -0.25) is 4.79 Å². The van der Waals surface area contributed by atoms with Crippen LogP contribution in [0.25, 0.3) is 16.8 Å². The molecule has 0 radical (unpaired) electrons. The van der Waals surface area contributed by atoms with Crippen molar-refractivity contribution in [3.05, 3.63) is 71.8 Å². The summed E-state index contributed by atoms with van der Waals surface area (Å²) in [5, 5.41) is 21.3. The van der Waals surface area contributed by atoms with Crippen molar-refractivity contribution in [2.45, 2.75) is 0 Å². The van der Waals surface area contributed by atoms with Crippen LogP contribution in [-0.2, 0) is 0 Å². The van der Waals surface area contributed by atoms with E-state index in [1.165, 1.54) is 18.2 Å². The van der Waals surface area contributed by atoms with Gasteiger partial charge in [-0.25, -0.2) is 0 Å². The minimum atomic E-state index is -0.319. The van der Waals surface area contributed by atoms with Crippen LogP contribution in [-0.4, -0.2) is 30.1 Å². The lowest BCUT2D eigenvalue weighted by Crippen LogP contribution is -2.07. The van der Waals surface area contributed by atoms with Gasteiger partial charge in [-0.1, -0.05) is 24.3 Å². The molecule has 0 fully saturated rings. The van der Waals surface area contributed by atoms with Crippen molar-refractivity contribution >= 4 is 28.3 Å². The average molecular weight is 333 g/mol. The Labute approximate surface area is 146 Å². The molecule has 0 heterocycles. The summed E-state index contributed by atoms with van der Waals surface area (Å²) in [7, 11) is 4.01. The molecule has 0 aliphatic rings. The van der Waals surface area contributed by atoms with Crippen molar-refractivity contribution in [1.82, 2.24) is 0 Å². The van der Waals surface area contributed by atoms with Crippen LogP contribution >= 0.6 is 0 Å². The first-order valence-corrected chi connectivity index (χ1v) is 7.89. The Morgan fingerprint density at radius 2 is 1.64 bits per heavy atom. The average Bonchev–Trinajstić information content (AvgIpc) is 2.59. The van der Waals surface area contributed by atoms with Crippen molar-refractivity contribution in [3.8, 4) is 11.5 Å². The van der Waals surface area contributed by atoms with E-state index in [2.05, 4.69) is 23.1 Å². The summed E-state index contributed by atoms with van der Waals surface area (Å²) in [5.41, 5.74) is 2.19. The highest BCUT2D eigenvalue weighted by Gasteiger charge is 2.08. The first kappa shape index (κ1) is 16.6. The maximum absolute atomic E-state index is 12.2. The Morgan fingerprint density at radius 3 is 2.36 bits per heavy atom. The third kappa shape index (κ3) is 3.63. The Morgan fingerprint density at radius 1 is 0.920 bits per heavy atom. The van der Waals surface area contributed by atoms with Gasteiger partial charge >= 0.3 is 0 Å². The van der Waals surface area contributed by atoms with Gasteiger partial charge in [0.05, 0.1) is 5.56 Å². The number of rotatable bonds is 4. The van der Waals surface area contributed by atoms with Crippen LogP contribution in [0.1, 0.15) is 15.9 Å². The summed E-state index contributed by atoms with van der Waals surface area (Å²) in [6.07, 6.45) is 3.13. The van der Waals surface area contributed by atoms with E-state index < -0.39 is 0 Å². The molecule has 0 bridgehead atoms. The molecule has 3 aromatic carbocycles. The first-order chi connectivity index (χ1) is 11.9. The van der Waals surface area contributed by atoms with Gasteiger partial charge in [0.1, 0.15) is 11.5 Å². The second kappa shape index (κ2) is 6.69. The Balaban J connectivity index is 1.85. The monoisotopic (exact) mass is 333 g/mol. The zero-order chi connectivity index (χ0) is 18.0. The van der Waals surface area contributed by atoms with E-state index in [9.17, 15) is 15.0 Å². The standard InChI is InChI=1S/C21H19NO3/c1-22(2)17-7-6-15-11-14(3-5-16(15)12-17)4-10-20(24)19-9-8-18(23)13-21(19)25/h3-13,23,25H,1-2H3/b10-4+. The topological polar surface area (TPSA) is 60.8 Å². The van der Waals surface area contributed by atoms with Crippen LogP contribution in [0, 0.1) is 0 Å². The molecule has 126 valence electrons. The SMILES string of the molecule is CN(C)c1ccc2cc(/C=C/C(=O)c3ccc(O)cc3O)ccc2c1. The Kier molecular flexibility index (Phi) is 4.44. The Hall–Kier alpha value is -3.27. The number of aromatic hydroxyl groups is 2. The van der Waals surface area contributed by atoms with Gasteiger partial charge in [-0.2, -0.15) is 0 Å². The smallest absolute Gasteiger partial charge is 0.189 e. The summed E-state index contributed by atoms with van der Waals surface area (Å²) < 4.78 is 0. The van der Waals surface area contributed by atoms with Gasteiger partial charge in [0, 0.05) is 25.8 Å². The van der Waals surface area contributed by atoms with Crippen molar-refractivity contribution < 1.29 is 15.0 Å². The second-order valence-corrected chi connectivity index (χ2v) is 6.08. The molecule has 2 N–H and O–H groups in total. The number of ketones is 1. The summed E-state index contributed by atoms with van der Waals surface area (Å²) in [6.45, 7) is 0. The van der Waals surface area contributed by atoms with Crippen molar-refractivity contribution in [2.24, 2.45) is 0 Å². The summed E-state index contributed by atoms with van der Waals surface area (Å²) >= 11 is 0. The van der Waals surface area contributed by atoms with Gasteiger partial charge in [0.15, 0.2) is 5.78 Å². The molecule has 0 saturated heterocycles. The quantitative estimate of drug-likeness (QED) is 0.554. The molecular weight excluding hydrogens is 314 g/mol. The molecule has 0 aromatic heterocycles. The number of phenols is 2. The largest absolute Gasteiger partial charge is 0.508 e. The summed E-state index contributed by atoms with van der Waals surface area (Å²) in [5.74, 6) is -0.630. The minimum absolute atomic E-state index is 0.0790. The lowest BCUT2D eigenvalue weighted by atomic mass is 10.0. The fraction of sp³-hybridized carbons (Fsp3) is 0.0952. The van der Waals surface area contributed by atoms with Gasteiger partial charge in [-0.15, -0.1) is 0 Å². The predicted octanol–water partition coefficient (Wildman–Crippen LogP) is 4.21. The van der Waals surface area contributed by atoms with Crippen LogP contribution in [0.15, 0.2) is 60.7 Å². The van der Waals surface area contributed by atoms with Crippen molar-refractivity contribution in [1.29, 1.82) is 0 Å². The zero-order valence-electron chi connectivity index (χ0n) is 14.1. The van der Waals surface area contributed by atoms with Crippen molar-refractivity contribution in [3.63, 3.8) is 0 Å². The van der Waals surface area contributed by atoms with Gasteiger partial charge < -0.3 is 15.1 Å². The molecule has 3 aromatic rings. The molecule has 25 heavy (non-hydrogen) atoms. The summed E-state index contributed by atoms with van der Waals surface area (Å²) in [6, 6.07) is 16.1. The normalized spacial score (nSPS) is 11.1. The highest BCUT2D eigenvalue weighted by Crippen LogP contribution is 2.25. The molecule has 4 heteroatoms. The fourth-order valence-electron chi connectivity index (χ4n) is 2.62. The number of anilines is 1. The minimum Gasteiger partial charge on any atom is -0.508 e. The third-order valence-electron chi connectivity index (χ3n) is 4.04. The van der Waals surface area contributed by atoms with E-state index in [-0.39, 0.29) is 22.8 Å². The van der Waals surface area contributed by atoms with Crippen LogP contribution in [0.4, 0.5) is 5.69 Å². The van der Waals surface area contributed by atoms with Gasteiger partial charge in [-0.05, 0) is 52.7 Å². The van der Waals surface area contributed by atoms with Crippen LogP contribution in [0.5, 0.6) is 11.5 Å². The number of fused-ring (bicyclic) bond motifs is 1. The maximum atomic E-state index is 12.2. The first-order valence-electron chi connectivity index (χ1n) is 7.89. The number of carbonyl (C=O) groups is 1. The number of hydrogen-bond acceptors (Lipinski definition) is 4. The zero-order valence-corrected chi connectivity index (χ0v) is 14.1. The summed E-state index contributed by atoms with van der Waals surface area (Å²) in [4.78, 5) is 14.3. The molecule has 0 unspecified atom stereocenters. The van der Waals surface area contributed by atoms with E-state index in [1.54, 1.807) is 6.08 Å². The van der Waals surface area contributed by atoms with E-state index in [0.29, 0.717) is 0 Å². The van der Waals surface area contributed by atoms with E-state index in [1.807, 2.05) is 32.3 Å². The lowest BCUT2D eigenvalue weighted by Gasteiger charge is -2.13. The van der Waals surface area contributed by atoms with Crippen LogP contribution < -0.4 is 4.90 Å². The molecule has 0 atom stereocenters. The number of phenolic OH excluding ortho intramolecular Hbond substituents is 2. The van der Waals surface area contributed by atoms with E-state index >= 15 is 0 Å². The lowest BCUT2D eigenvalue weighted by molar-refractivity contribution is 0.104. The Bertz CT molecular complexity index is 974. The molecule has 0 aliphatic carbocycles. The third-order valence-corrected chi connectivity index (χ3v) is 4.04. The van der Waals surface area contributed by atoms with E-state index in [4.69, 9.17) is 0 Å². The van der Waals surface area contributed by atoms with Gasteiger partial charge in [0.2, 0.25) is 0 Å². The number of carbonyl (C=O) groups excluding carboxylic acids is 1. The maximum Gasteiger partial charge on any atom is 0.189 e. The highest BCUT2D eigenvalue weighted by atomic mass is 16.3. The second-order valence-electron chi connectivity index (χ2n) is 6.08. The molecule has 0 spiro atoms. The number of benzene rings is 3. The predicted molar refractivity (Wildman–Crippen MR) is 101 cm³/mol.